The van der Waals surface area contributed by atoms with Crippen LogP contribution in [0.5, 0.6) is 0 Å². The smallest absolute Gasteiger partial charge is 0.335 e. The maximum Gasteiger partial charge on any atom is 0.335 e. The van der Waals surface area contributed by atoms with Crippen LogP contribution in [0.1, 0.15) is 22.8 Å². The van der Waals surface area contributed by atoms with Crippen LogP contribution in [0, 0.1) is 0 Å². The van der Waals surface area contributed by atoms with Crippen molar-refractivity contribution < 1.29 is 24.3 Å². The van der Waals surface area contributed by atoms with Gasteiger partial charge in [0.25, 0.3) is 11.1 Å². The second kappa shape index (κ2) is 9.23. The lowest BCUT2D eigenvalue weighted by Gasteiger charge is -2.12. The topological polar surface area (TPSA) is 104 Å². The summed E-state index contributed by atoms with van der Waals surface area (Å²) in [5.74, 6) is -2.16. The third-order valence-electron chi connectivity index (χ3n) is 4.14. The zero-order valence-corrected chi connectivity index (χ0v) is 16.8. The van der Waals surface area contributed by atoms with E-state index in [0.717, 1.165) is 27.8 Å². The molecule has 1 heterocycles. The molecular weight excluding hydrogens is 404 g/mol. The summed E-state index contributed by atoms with van der Waals surface area (Å²) in [6.07, 6.45) is 3.52. The third kappa shape index (κ3) is 5.24. The molecule has 3 rings (SSSR count). The van der Waals surface area contributed by atoms with Gasteiger partial charge in [0.15, 0.2) is 0 Å². The molecule has 8 heteroatoms. The lowest BCUT2D eigenvalue weighted by Crippen LogP contribution is -2.36. The number of hydrogen-bond acceptors (Lipinski definition) is 5. The molecule has 0 aliphatic carbocycles. The number of carboxylic acid groups (broad SMARTS) is 1. The molecule has 2 N–H and O–H groups in total. The van der Waals surface area contributed by atoms with Crippen molar-refractivity contribution in [1.29, 1.82) is 0 Å². The number of carboxylic acids is 1. The first-order valence-electron chi connectivity index (χ1n) is 8.95. The van der Waals surface area contributed by atoms with Crippen molar-refractivity contribution in [2.24, 2.45) is 0 Å². The molecule has 2 aromatic rings. The highest BCUT2D eigenvalue weighted by atomic mass is 32.2. The number of aromatic carboxylic acids is 1. The SMILES string of the molecule is CC(=Cc1ccccc1)C=C1SC(=O)N(CC(=O)Nc2ccc(C(=O)O)cc2)C1=O. The van der Waals surface area contributed by atoms with Crippen molar-refractivity contribution in [2.75, 3.05) is 11.9 Å². The van der Waals surface area contributed by atoms with Crippen molar-refractivity contribution in [2.45, 2.75) is 6.92 Å². The fourth-order valence-corrected chi connectivity index (χ4v) is 3.63. The summed E-state index contributed by atoms with van der Waals surface area (Å²) in [6.45, 7) is 1.40. The van der Waals surface area contributed by atoms with Crippen LogP contribution >= 0.6 is 11.8 Å². The molecule has 0 bridgehead atoms. The zero-order valence-electron chi connectivity index (χ0n) is 16.0. The maximum atomic E-state index is 12.6. The van der Waals surface area contributed by atoms with E-state index in [4.69, 9.17) is 5.11 Å². The Balaban J connectivity index is 1.65. The number of hydrogen-bond donors (Lipinski definition) is 2. The van der Waals surface area contributed by atoms with E-state index in [1.807, 2.05) is 43.3 Å². The number of allylic oxidation sites excluding steroid dienone is 2. The number of amides is 3. The van der Waals surface area contributed by atoms with E-state index in [1.54, 1.807) is 6.08 Å². The molecule has 0 spiro atoms. The fourth-order valence-electron chi connectivity index (χ4n) is 2.74. The van der Waals surface area contributed by atoms with E-state index in [1.165, 1.54) is 24.3 Å². The highest BCUT2D eigenvalue weighted by Crippen LogP contribution is 2.31. The molecule has 0 aromatic heterocycles. The monoisotopic (exact) mass is 422 g/mol. The summed E-state index contributed by atoms with van der Waals surface area (Å²) in [7, 11) is 0. The molecule has 0 unspecified atom stereocenters. The number of nitrogens with zero attached hydrogens (tertiary/aromatic N) is 1. The highest BCUT2D eigenvalue weighted by Gasteiger charge is 2.36. The van der Waals surface area contributed by atoms with E-state index in [2.05, 4.69) is 5.32 Å². The quantitative estimate of drug-likeness (QED) is 0.682. The van der Waals surface area contributed by atoms with E-state index in [-0.39, 0.29) is 10.5 Å². The first-order valence-corrected chi connectivity index (χ1v) is 9.77. The molecule has 0 atom stereocenters. The van der Waals surface area contributed by atoms with Gasteiger partial charge in [0, 0.05) is 5.69 Å². The Hall–Kier alpha value is -3.65. The Morgan fingerprint density at radius 1 is 1.07 bits per heavy atom. The Morgan fingerprint density at radius 3 is 2.37 bits per heavy atom. The summed E-state index contributed by atoms with van der Waals surface area (Å²) in [4.78, 5) is 49.0. The van der Waals surface area contributed by atoms with Crippen LogP contribution in [0.25, 0.3) is 6.08 Å². The normalized spacial score (nSPS) is 15.6. The predicted molar refractivity (Wildman–Crippen MR) is 115 cm³/mol. The minimum absolute atomic E-state index is 0.0861. The average molecular weight is 422 g/mol. The van der Waals surface area contributed by atoms with Crippen LogP contribution in [0.2, 0.25) is 0 Å². The maximum absolute atomic E-state index is 12.6. The van der Waals surface area contributed by atoms with Gasteiger partial charge in [-0.3, -0.25) is 19.3 Å². The molecule has 0 saturated carbocycles. The lowest BCUT2D eigenvalue weighted by molar-refractivity contribution is -0.127. The number of carbonyl (C=O) groups is 4. The number of benzene rings is 2. The Labute approximate surface area is 177 Å². The number of anilines is 1. The lowest BCUT2D eigenvalue weighted by atomic mass is 10.1. The first kappa shape index (κ1) is 21.1. The van der Waals surface area contributed by atoms with E-state index in [0.29, 0.717) is 5.69 Å². The van der Waals surface area contributed by atoms with Gasteiger partial charge in [0.05, 0.1) is 10.5 Å². The van der Waals surface area contributed by atoms with Crippen molar-refractivity contribution in [3.05, 3.63) is 82.3 Å². The minimum Gasteiger partial charge on any atom is -0.478 e. The van der Waals surface area contributed by atoms with Crippen LogP contribution in [-0.2, 0) is 9.59 Å². The molecule has 30 heavy (non-hydrogen) atoms. The molecular formula is C22H18N2O5S. The van der Waals surface area contributed by atoms with E-state index < -0.39 is 29.6 Å². The molecule has 2 aromatic carbocycles. The van der Waals surface area contributed by atoms with Gasteiger partial charge in [-0.2, -0.15) is 0 Å². The number of rotatable bonds is 6. The van der Waals surface area contributed by atoms with Crippen molar-refractivity contribution in [3.8, 4) is 0 Å². The highest BCUT2D eigenvalue weighted by molar-refractivity contribution is 8.18. The summed E-state index contributed by atoms with van der Waals surface area (Å²) in [5.41, 5.74) is 2.23. The first-order chi connectivity index (χ1) is 14.3. The predicted octanol–water partition coefficient (Wildman–Crippen LogP) is 4.01. The van der Waals surface area contributed by atoms with Crippen LogP contribution < -0.4 is 5.32 Å². The fraction of sp³-hybridized carbons (Fsp3) is 0.0909. The van der Waals surface area contributed by atoms with E-state index >= 15 is 0 Å². The summed E-state index contributed by atoms with van der Waals surface area (Å²) in [6, 6.07) is 15.1. The van der Waals surface area contributed by atoms with Gasteiger partial charge in [-0.05, 0) is 60.2 Å². The van der Waals surface area contributed by atoms with Crippen LogP contribution in [0.15, 0.2) is 71.2 Å². The molecule has 1 saturated heterocycles. The van der Waals surface area contributed by atoms with Gasteiger partial charge >= 0.3 is 5.97 Å². The van der Waals surface area contributed by atoms with Crippen LogP contribution in [0.3, 0.4) is 0 Å². The largest absolute Gasteiger partial charge is 0.478 e. The molecule has 1 fully saturated rings. The van der Waals surface area contributed by atoms with Gasteiger partial charge < -0.3 is 10.4 Å². The average Bonchev–Trinajstić information content (AvgIpc) is 2.96. The summed E-state index contributed by atoms with van der Waals surface area (Å²) < 4.78 is 0. The molecule has 152 valence electrons. The van der Waals surface area contributed by atoms with Gasteiger partial charge in [0.1, 0.15) is 6.54 Å². The van der Waals surface area contributed by atoms with Gasteiger partial charge in [-0.1, -0.05) is 36.4 Å². The summed E-state index contributed by atoms with van der Waals surface area (Å²) in [5, 5.41) is 10.9. The van der Waals surface area contributed by atoms with Crippen molar-refractivity contribution in [3.63, 3.8) is 0 Å². The second-order valence-corrected chi connectivity index (χ2v) is 7.49. The number of thioether (sulfide) groups is 1. The van der Waals surface area contributed by atoms with Gasteiger partial charge in [-0.15, -0.1) is 0 Å². The Kier molecular flexibility index (Phi) is 6.48. The van der Waals surface area contributed by atoms with Gasteiger partial charge in [-0.25, -0.2) is 4.79 Å². The van der Waals surface area contributed by atoms with Gasteiger partial charge in [0.2, 0.25) is 5.91 Å². The molecule has 7 nitrogen and oxygen atoms in total. The number of nitrogens with one attached hydrogen (secondary N) is 1. The van der Waals surface area contributed by atoms with Crippen molar-refractivity contribution in [1.82, 2.24) is 4.90 Å². The van der Waals surface area contributed by atoms with E-state index in [9.17, 15) is 19.2 Å². The molecule has 3 amide bonds. The van der Waals surface area contributed by atoms with Crippen molar-refractivity contribution >= 4 is 46.5 Å². The molecule has 1 aliphatic heterocycles. The Bertz CT molecular complexity index is 1060. The number of carbonyl (C=O) groups excluding carboxylic acids is 3. The third-order valence-corrected chi connectivity index (χ3v) is 5.05. The minimum atomic E-state index is -1.07. The van der Waals surface area contributed by atoms with Crippen LogP contribution in [0.4, 0.5) is 10.5 Å². The second-order valence-electron chi connectivity index (χ2n) is 6.50. The number of imide groups is 1. The molecule has 1 aliphatic rings. The molecule has 0 radical (unpaired) electrons. The van der Waals surface area contributed by atoms with Crippen LogP contribution in [-0.4, -0.2) is 39.6 Å². The summed E-state index contributed by atoms with van der Waals surface area (Å²) >= 11 is 0.787. The zero-order chi connectivity index (χ0) is 21.7. The Morgan fingerprint density at radius 2 is 1.73 bits per heavy atom. The standard InChI is InChI=1S/C22H18N2O5S/c1-14(11-15-5-3-2-4-6-15)12-18-20(26)24(22(29)30-18)13-19(25)23-17-9-7-16(8-10-17)21(27)28/h2-12H,13H2,1H3,(H,23,25)(H,27,28).